The number of hydrogen-bond donors (Lipinski definition) is 3. The topological polar surface area (TPSA) is 80.0 Å². The molecule has 0 aliphatic carbocycles. The Labute approximate surface area is 123 Å². The normalized spacial score (nSPS) is 16.0. The third-order valence-electron chi connectivity index (χ3n) is 4.01. The van der Waals surface area contributed by atoms with Gasteiger partial charge in [0, 0.05) is 11.9 Å². The van der Waals surface area contributed by atoms with E-state index in [1.165, 1.54) is 0 Å². The predicted molar refractivity (Wildman–Crippen MR) is 84.3 cm³/mol. The van der Waals surface area contributed by atoms with E-state index in [0.29, 0.717) is 17.3 Å². The average molecular weight is 284 g/mol. The molecule has 4 N–H and O–H groups in total. The van der Waals surface area contributed by atoms with Crippen LogP contribution in [0, 0.1) is 5.92 Å². The number of para-hydroxylation sites is 1. The maximum absolute atomic E-state index is 11.6. The van der Waals surface area contributed by atoms with Gasteiger partial charge in [0.2, 0.25) is 0 Å². The smallest absolute Gasteiger partial charge is 0.252 e. The van der Waals surface area contributed by atoms with Crippen LogP contribution < -0.4 is 16.4 Å². The van der Waals surface area contributed by atoms with E-state index in [9.17, 15) is 4.79 Å². The second-order valence-corrected chi connectivity index (χ2v) is 5.52. The predicted octanol–water partition coefficient (Wildman–Crippen LogP) is 1.75. The molecule has 1 fully saturated rings. The highest BCUT2D eigenvalue weighted by Crippen LogP contribution is 2.21. The molecular formula is C16H20N4O. The highest BCUT2D eigenvalue weighted by molar-refractivity contribution is 6.01. The summed E-state index contributed by atoms with van der Waals surface area (Å²) in [5, 5.41) is 7.60. The van der Waals surface area contributed by atoms with Crippen molar-refractivity contribution in [1.82, 2.24) is 10.3 Å². The number of piperidine rings is 1. The number of primary amides is 1. The Morgan fingerprint density at radius 1 is 1.33 bits per heavy atom. The van der Waals surface area contributed by atoms with Crippen LogP contribution in [0.15, 0.2) is 30.3 Å². The van der Waals surface area contributed by atoms with E-state index in [1.807, 2.05) is 30.3 Å². The third kappa shape index (κ3) is 3.13. The van der Waals surface area contributed by atoms with Gasteiger partial charge in [-0.05, 0) is 44.0 Å². The highest BCUT2D eigenvalue weighted by atomic mass is 16.1. The monoisotopic (exact) mass is 284 g/mol. The van der Waals surface area contributed by atoms with Gasteiger partial charge in [0.1, 0.15) is 5.82 Å². The van der Waals surface area contributed by atoms with Gasteiger partial charge < -0.3 is 16.4 Å². The van der Waals surface area contributed by atoms with Crippen molar-refractivity contribution in [2.45, 2.75) is 12.8 Å². The average Bonchev–Trinajstić information content (AvgIpc) is 2.53. The van der Waals surface area contributed by atoms with Crippen LogP contribution in [0.2, 0.25) is 0 Å². The van der Waals surface area contributed by atoms with E-state index < -0.39 is 5.91 Å². The van der Waals surface area contributed by atoms with Gasteiger partial charge in [-0.15, -0.1) is 0 Å². The fraction of sp³-hybridized carbons (Fsp3) is 0.375. The van der Waals surface area contributed by atoms with Gasteiger partial charge in [-0.3, -0.25) is 4.79 Å². The Morgan fingerprint density at radius 3 is 2.86 bits per heavy atom. The number of rotatable bonds is 4. The molecule has 1 aromatic heterocycles. The minimum absolute atomic E-state index is 0.443. The first kappa shape index (κ1) is 13.8. The summed E-state index contributed by atoms with van der Waals surface area (Å²) in [6, 6.07) is 9.56. The minimum atomic E-state index is -0.443. The van der Waals surface area contributed by atoms with Crippen molar-refractivity contribution in [3.05, 3.63) is 35.9 Å². The first-order valence-electron chi connectivity index (χ1n) is 7.38. The molecule has 3 rings (SSSR count). The summed E-state index contributed by atoms with van der Waals surface area (Å²) in [5.74, 6) is 0.765. The van der Waals surface area contributed by atoms with Gasteiger partial charge >= 0.3 is 0 Å². The number of carbonyl (C=O) groups is 1. The number of benzene rings is 1. The molecule has 1 saturated heterocycles. The zero-order chi connectivity index (χ0) is 14.7. The molecule has 0 bridgehead atoms. The number of carbonyl (C=O) groups excluding carboxylic acids is 1. The number of nitrogens with zero attached hydrogens (tertiary/aromatic N) is 1. The van der Waals surface area contributed by atoms with Gasteiger partial charge in [0.25, 0.3) is 5.91 Å². The Kier molecular flexibility index (Phi) is 4.01. The molecule has 5 heteroatoms. The van der Waals surface area contributed by atoms with Gasteiger partial charge in [0.05, 0.1) is 11.1 Å². The summed E-state index contributed by atoms with van der Waals surface area (Å²) in [4.78, 5) is 16.2. The van der Waals surface area contributed by atoms with Crippen LogP contribution in [0.3, 0.4) is 0 Å². The minimum Gasteiger partial charge on any atom is -0.369 e. The van der Waals surface area contributed by atoms with Gasteiger partial charge in [-0.2, -0.15) is 0 Å². The molecule has 21 heavy (non-hydrogen) atoms. The summed E-state index contributed by atoms with van der Waals surface area (Å²) in [7, 11) is 0. The summed E-state index contributed by atoms with van der Waals surface area (Å²) >= 11 is 0. The number of pyridine rings is 1. The van der Waals surface area contributed by atoms with Crippen molar-refractivity contribution >= 4 is 22.6 Å². The lowest BCUT2D eigenvalue weighted by molar-refractivity contribution is 0.100. The van der Waals surface area contributed by atoms with Crippen LogP contribution >= 0.6 is 0 Å². The third-order valence-corrected chi connectivity index (χ3v) is 4.01. The van der Waals surface area contributed by atoms with Crippen LogP contribution in [0.5, 0.6) is 0 Å². The number of nitrogens with two attached hydrogens (primary N) is 1. The van der Waals surface area contributed by atoms with Gasteiger partial charge in [-0.25, -0.2) is 4.98 Å². The van der Waals surface area contributed by atoms with Gasteiger partial charge in [-0.1, -0.05) is 18.2 Å². The Bertz CT molecular complexity index is 650. The maximum atomic E-state index is 11.6. The summed E-state index contributed by atoms with van der Waals surface area (Å²) in [6.07, 6.45) is 2.29. The van der Waals surface area contributed by atoms with Crippen LogP contribution in [-0.2, 0) is 0 Å². The maximum Gasteiger partial charge on any atom is 0.252 e. The molecule has 2 heterocycles. The largest absolute Gasteiger partial charge is 0.369 e. The van der Waals surface area contributed by atoms with Crippen molar-refractivity contribution in [1.29, 1.82) is 0 Å². The quantitative estimate of drug-likeness (QED) is 0.799. The van der Waals surface area contributed by atoms with Crippen LogP contribution in [0.1, 0.15) is 23.2 Å². The Hall–Kier alpha value is -2.14. The zero-order valence-corrected chi connectivity index (χ0v) is 11.9. The van der Waals surface area contributed by atoms with Crippen molar-refractivity contribution in [2.24, 2.45) is 11.7 Å². The highest BCUT2D eigenvalue weighted by Gasteiger charge is 2.16. The number of hydrogen-bond acceptors (Lipinski definition) is 4. The van der Waals surface area contributed by atoms with Crippen LogP contribution in [-0.4, -0.2) is 30.5 Å². The number of fused-ring (bicyclic) bond motifs is 1. The van der Waals surface area contributed by atoms with Crippen LogP contribution in [0.25, 0.3) is 10.9 Å². The van der Waals surface area contributed by atoms with Crippen molar-refractivity contribution in [3.63, 3.8) is 0 Å². The number of anilines is 1. The molecule has 110 valence electrons. The first-order valence-corrected chi connectivity index (χ1v) is 7.38. The van der Waals surface area contributed by atoms with Gasteiger partial charge in [0.15, 0.2) is 0 Å². The van der Waals surface area contributed by atoms with E-state index in [2.05, 4.69) is 15.6 Å². The molecule has 1 amide bonds. The lowest BCUT2D eigenvalue weighted by Gasteiger charge is -2.23. The molecule has 0 atom stereocenters. The molecular weight excluding hydrogens is 264 g/mol. The lowest BCUT2D eigenvalue weighted by Crippen LogP contribution is -2.31. The van der Waals surface area contributed by atoms with E-state index in [0.717, 1.165) is 43.4 Å². The van der Waals surface area contributed by atoms with E-state index in [-0.39, 0.29) is 0 Å². The second-order valence-electron chi connectivity index (χ2n) is 5.52. The summed E-state index contributed by atoms with van der Waals surface area (Å²) in [5.41, 5.74) is 6.82. The second kappa shape index (κ2) is 6.10. The molecule has 0 radical (unpaired) electrons. The summed E-state index contributed by atoms with van der Waals surface area (Å²) < 4.78 is 0. The van der Waals surface area contributed by atoms with E-state index in [1.54, 1.807) is 0 Å². The molecule has 5 nitrogen and oxygen atoms in total. The van der Waals surface area contributed by atoms with Crippen molar-refractivity contribution in [3.8, 4) is 0 Å². The fourth-order valence-corrected chi connectivity index (χ4v) is 2.77. The summed E-state index contributed by atoms with van der Waals surface area (Å²) in [6.45, 7) is 2.94. The van der Waals surface area contributed by atoms with Crippen molar-refractivity contribution < 1.29 is 4.79 Å². The van der Waals surface area contributed by atoms with Crippen LogP contribution in [0.4, 0.5) is 5.82 Å². The molecule has 0 spiro atoms. The lowest BCUT2D eigenvalue weighted by atomic mass is 9.98. The molecule has 0 unspecified atom stereocenters. The SMILES string of the molecule is NC(=O)c1cc2ccccc2nc1NCC1CCNCC1. The van der Waals surface area contributed by atoms with E-state index in [4.69, 9.17) is 5.73 Å². The molecule has 0 saturated carbocycles. The number of amides is 1. The zero-order valence-electron chi connectivity index (χ0n) is 11.9. The standard InChI is InChI=1S/C16H20N4O/c17-15(21)13-9-12-3-1-2-4-14(12)20-16(13)19-10-11-5-7-18-8-6-11/h1-4,9,11,18H,5-8,10H2,(H2,17,21)(H,19,20). The Balaban J connectivity index is 1.84. The number of nitrogens with one attached hydrogen (secondary N) is 2. The first-order chi connectivity index (χ1) is 10.2. The molecule has 2 aromatic rings. The molecule has 1 aromatic carbocycles. The van der Waals surface area contributed by atoms with Crippen molar-refractivity contribution in [2.75, 3.05) is 25.0 Å². The fourth-order valence-electron chi connectivity index (χ4n) is 2.77. The van der Waals surface area contributed by atoms with E-state index >= 15 is 0 Å². The Morgan fingerprint density at radius 2 is 2.10 bits per heavy atom. The molecule has 1 aliphatic heterocycles. The number of aromatic nitrogens is 1. The molecule has 1 aliphatic rings.